The molecule has 0 aliphatic rings. The molecular weight excluding hydrogens is 361 g/mol. The lowest BCUT2D eigenvalue weighted by molar-refractivity contribution is -0.132. The molecule has 0 radical (unpaired) electrons. The number of ether oxygens (including phenoxy) is 2. The average molecular weight is 382 g/mol. The molecule has 4 nitrogen and oxygen atoms in total. The zero-order chi connectivity index (χ0) is 18.2. The Morgan fingerprint density at radius 2 is 2.00 bits per heavy atom. The van der Waals surface area contributed by atoms with Crippen LogP contribution in [0.15, 0.2) is 42.5 Å². The molecule has 1 N–H and O–H groups in total. The second kappa shape index (κ2) is 9.66. The Bertz CT molecular complexity index is 722. The summed E-state index contributed by atoms with van der Waals surface area (Å²) in [5, 5.41) is 4.05. The van der Waals surface area contributed by atoms with Gasteiger partial charge in [-0.3, -0.25) is 4.79 Å². The van der Waals surface area contributed by atoms with Gasteiger partial charge in [0.15, 0.2) is 0 Å². The van der Waals surface area contributed by atoms with E-state index in [1.807, 2.05) is 30.3 Å². The molecule has 2 aromatic rings. The molecule has 134 valence electrons. The first kappa shape index (κ1) is 19.6. The van der Waals surface area contributed by atoms with Gasteiger partial charge in [-0.1, -0.05) is 41.4 Å². The summed E-state index contributed by atoms with van der Waals surface area (Å²) in [7, 11) is 1.61. The Kier molecular flexibility index (Phi) is 7.56. The number of methoxy groups -OCH3 is 1. The largest absolute Gasteiger partial charge is 0.497 e. The number of rotatable bonds is 8. The fourth-order valence-corrected chi connectivity index (χ4v) is 2.75. The van der Waals surface area contributed by atoms with Gasteiger partial charge in [0.1, 0.15) is 11.9 Å². The van der Waals surface area contributed by atoms with Gasteiger partial charge in [-0.15, -0.1) is 0 Å². The molecule has 1 unspecified atom stereocenters. The van der Waals surface area contributed by atoms with Crippen molar-refractivity contribution in [2.45, 2.75) is 26.1 Å². The molecule has 25 heavy (non-hydrogen) atoms. The summed E-state index contributed by atoms with van der Waals surface area (Å²) < 4.78 is 10.8. The minimum Gasteiger partial charge on any atom is -0.497 e. The van der Waals surface area contributed by atoms with E-state index in [1.165, 1.54) is 0 Å². The Balaban J connectivity index is 1.76. The van der Waals surface area contributed by atoms with Crippen LogP contribution in [0.25, 0.3) is 0 Å². The maximum atomic E-state index is 12.1. The van der Waals surface area contributed by atoms with Crippen LogP contribution in [0.4, 0.5) is 0 Å². The Hall–Kier alpha value is -1.75. The highest BCUT2D eigenvalue weighted by Gasteiger charge is 2.13. The van der Waals surface area contributed by atoms with Crippen molar-refractivity contribution in [2.75, 3.05) is 13.7 Å². The molecule has 2 aromatic carbocycles. The third-order valence-electron chi connectivity index (χ3n) is 3.71. The molecule has 0 fully saturated rings. The summed E-state index contributed by atoms with van der Waals surface area (Å²) in [6.07, 6.45) is 0.0801. The summed E-state index contributed by atoms with van der Waals surface area (Å²) >= 11 is 12.0. The highest BCUT2D eigenvalue weighted by Crippen LogP contribution is 2.21. The van der Waals surface area contributed by atoms with Crippen molar-refractivity contribution in [1.82, 2.24) is 5.32 Å². The molecular formula is C19H21Cl2NO3. The molecule has 0 aliphatic heterocycles. The van der Waals surface area contributed by atoms with Crippen LogP contribution in [0, 0.1) is 0 Å². The standard InChI is InChI=1S/C19H21Cl2NO3/c1-13(25-12-14-4-3-5-17(10-14)24-2)19(23)22-9-8-15-6-7-16(20)11-18(15)21/h3-7,10-11,13H,8-9,12H2,1-2H3,(H,22,23). The van der Waals surface area contributed by atoms with Crippen LogP contribution in [0.3, 0.4) is 0 Å². The van der Waals surface area contributed by atoms with E-state index in [1.54, 1.807) is 26.2 Å². The van der Waals surface area contributed by atoms with Gasteiger partial charge in [0, 0.05) is 16.6 Å². The average Bonchev–Trinajstić information content (AvgIpc) is 2.61. The fraction of sp³-hybridized carbons (Fsp3) is 0.316. The zero-order valence-corrected chi connectivity index (χ0v) is 15.7. The maximum Gasteiger partial charge on any atom is 0.248 e. The van der Waals surface area contributed by atoms with Crippen molar-refractivity contribution < 1.29 is 14.3 Å². The van der Waals surface area contributed by atoms with Gasteiger partial charge in [0.05, 0.1) is 13.7 Å². The van der Waals surface area contributed by atoms with E-state index >= 15 is 0 Å². The molecule has 1 atom stereocenters. The number of nitrogens with one attached hydrogen (secondary N) is 1. The molecule has 0 aromatic heterocycles. The van der Waals surface area contributed by atoms with Gasteiger partial charge >= 0.3 is 0 Å². The summed E-state index contributed by atoms with van der Waals surface area (Å²) in [5.41, 5.74) is 1.89. The van der Waals surface area contributed by atoms with Crippen LogP contribution in [-0.4, -0.2) is 25.7 Å². The molecule has 0 saturated carbocycles. The van der Waals surface area contributed by atoms with E-state index in [9.17, 15) is 4.79 Å². The number of benzene rings is 2. The van der Waals surface area contributed by atoms with E-state index in [-0.39, 0.29) is 5.91 Å². The van der Waals surface area contributed by atoms with Gasteiger partial charge in [-0.25, -0.2) is 0 Å². The first-order chi connectivity index (χ1) is 12.0. The second-order valence-corrected chi connectivity index (χ2v) is 6.43. The molecule has 0 spiro atoms. The van der Waals surface area contributed by atoms with Crippen LogP contribution < -0.4 is 10.1 Å². The number of carbonyl (C=O) groups is 1. The minimum atomic E-state index is -0.549. The maximum absolute atomic E-state index is 12.1. The van der Waals surface area contributed by atoms with Gasteiger partial charge in [0.2, 0.25) is 5.91 Å². The zero-order valence-electron chi connectivity index (χ0n) is 14.2. The second-order valence-electron chi connectivity index (χ2n) is 5.58. The highest BCUT2D eigenvalue weighted by molar-refractivity contribution is 6.35. The SMILES string of the molecule is COc1cccc(COC(C)C(=O)NCCc2ccc(Cl)cc2Cl)c1. The van der Waals surface area contributed by atoms with E-state index in [0.717, 1.165) is 16.9 Å². The predicted molar refractivity (Wildman–Crippen MR) is 100 cm³/mol. The molecule has 6 heteroatoms. The van der Waals surface area contributed by atoms with Gasteiger partial charge in [0.25, 0.3) is 0 Å². The van der Waals surface area contributed by atoms with Gasteiger partial charge in [-0.05, 0) is 48.7 Å². The number of hydrogen-bond acceptors (Lipinski definition) is 3. The van der Waals surface area contributed by atoms with E-state index in [4.69, 9.17) is 32.7 Å². The lowest BCUT2D eigenvalue weighted by atomic mass is 10.1. The first-order valence-electron chi connectivity index (χ1n) is 7.95. The summed E-state index contributed by atoms with van der Waals surface area (Å²) in [5.74, 6) is 0.603. The third kappa shape index (κ3) is 6.24. The third-order valence-corrected chi connectivity index (χ3v) is 4.30. The van der Waals surface area contributed by atoms with E-state index in [2.05, 4.69) is 5.32 Å². The summed E-state index contributed by atoms with van der Waals surface area (Å²) in [6.45, 7) is 2.55. The van der Waals surface area contributed by atoms with Crippen molar-refractivity contribution in [3.8, 4) is 5.75 Å². The van der Waals surface area contributed by atoms with E-state index in [0.29, 0.717) is 29.6 Å². The minimum absolute atomic E-state index is 0.159. The smallest absolute Gasteiger partial charge is 0.248 e. The van der Waals surface area contributed by atoms with Gasteiger partial charge in [-0.2, -0.15) is 0 Å². The van der Waals surface area contributed by atoms with Crippen molar-refractivity contribution in [3.63, 3.8) is 0 Å². The number of hydrogen-bond donors (Lipinski definition) is 1. The topological polar surface area (TPSA) is 47.6 Å². The Morgan fingerprint density at radius 3 is 2.72 bits per heavy atom. The van der Waals surface area contributed by atoms with Crippen LogP contribution in [-0.2, 0) is 22.6 Å². The summed E-state index contributed by atoms with van der Waals surface area (Å²) in [6, 6.07) is 12.9. The van der Waals surface area contributed by atoms with Gasteiger partial charge < -0.3 is 14.8 Å². The van der Waals surface area contributed by atoms with E-state index < -0.39 is 6.10 Å². The van der Waals surface area contributed by atoms with Crippen LogP contribution in [0.2, 0.25) is 10.0 Å². The number of amides is 1. The summed E-state index contributed by atoms with van der Waals surface area (Å²) in [4.78, 5) is 12.1. The quantitative estimate of drug-likeness (QED) is 0.742. The van der Waals surface area contributed by atoms with Crippen molar-refractivity contribution in [3.05, 3.63) is 63.6 Å². The molecule has 0 heterocycles. The van der Waals surface area contributed by atoms with Crippen LogP contribution >= 0.6 is 23.2 Å². The number of carbonyl (C=O) groups excluding carboxylic acids is 1. The normalized spacial score (nSPS) is 11.8. The molecule has 0 bridgehead atoms. The van der Waals surface area contributed by atoms with Crippen molar-refractivity contribution >= 4 is 29.1 Å². The molecule has 1 amide bonds. The lowest BCUT2D eigenvalue weighted by Crippen LogP contribution is -2.35. The van der Waals surface area contributed by atoms with Crippen LogP contribution in [0.1, 0.15) is 18.1 Å². The lowest BCUT2D eigenvalue weighted by Gasteiger charge is -2.14. The van der Waals surface area contributed by atoms with Crippen LogP contribution in [0.5, 0.6) is 5.75 Å². The highest BCUT2D eigenvalue weighted by atomic mass is 35.5. The van der Waals surface area contributed by atoms with Crippen molar-refractivity contribution in [1.29, 1.82) is 0 Å². The Labute approximate surface area is 158 Å². The number of halogens is 2. The Morgan fingerprint density at radius 1 is 1.20 bits per heavy atom. The molecule has 2 rings (SSSR count). The molecule has 0 aliphatic carbocycles. The monoisotopic (exact) mass is 381 g/mol. The molecule has 0 saturated heterocycles. The predicted octanol–water partition coefficient (Wildman–Crippen LogP) is 4.27. The first-order valence-corrected chi connectivity index (χ1v) is 8.71. The fourth-order valence-electron chi connectivity index (χ4n) is 2.25. The van der Waals surface area contributed by atoms with Crippen molar-refractivity contribution in [2.24, 2.45) is 0 Å².